The first-order valence-corrected chi connectivity index (χ1v) is 12.0. The molecule has 3 rings (SSSR count). The zero-order valence-electron chi connectivity index (χ0n) is 18.7. The third-order valence-electron chi connectivity index (χ3n) is 5.90. The predicted octanol–water partition coefficient (Wildman–Crippen LogP) is 2.62. The highest BCUT2D eigenvalue weighted by Crippen LogP contribution is 2.21. The van der Waals surface area contributed by atoms with Crippen LogP contribution in [0.15, 0.2) is 53.4 Å². The van der Waals surface area contributed by atoms with Gasteiger partial charge in [-0.25, -0.2) is 13.2 Å². The van der Waals surface area contributed by atoms with E-state index in [0.29, 0.717) is 37.6 Å². The summed E-state index contributed by atoms with van der Waals surface area (Å²) in [5.41, 5.74) is 3.15. The number of nitrogens with zero attached hydrogens (tertiary/aromatic N) is 3. The van der Waals surface area contributed by atoms with Crippen LogP contribution in [0.1, 0.15) is 22.7 Å². The summed E-state index contributed by atoms with van der Waals surface area (Å²) in [4.78, 5) is 16.8. The Labute approximate surface area is 185 Å². The molecule has 0 bridgehead atoms. The van der Waals surface area contributed by atoms with E-state index < -0.39 is 10.0 Å². The number of benzene rings is 2. The molecule has 1 heterocycles. The molecule has 31 heavy (non-hydrogen) atoms. The van der Waals surface area contributed by atoms with Crippen molar-refractivity contribution >= 4 is 16.1 Å². The molecule has 1 saturated heterocycles. The van der Waals surface area contributed by atoms with E-state index in [-0.39, 0.29) is 12.1 Å². The topological polar surface area (TPSA) is 73.0 Å². The smallest absolute Gasteiger partial charge is 0.317 e. The molecule has 0 radical (unpaired) electrons. The van der Waals surface area contributed by atoms with E-state index in [0.717, 1.165) is 16.7 Å². The summed E-state index contributed by atoms with van der Waals surface area (Å²) in [5, 5.41) is 3.01. The average Bonchev–Trinajstić information content (AvgIpc) is 2.76. The highest BCUT2D eigenvalue weighted by Gasteiger charge is 2.30. The van der Waals surface area contributed by atoms with E-state index in [1.807, 2.05) is 64.3 Å². The molecule has 1 aliphatic rings. The Balaban J connectivity index is 1.57. The molecular formula is C23H32N4O3S. The SMILES string of the molecule is Cc1ccc(S(=O)(=O)N2CCN(C(=O)NC[C@@H](c3ccccc3)N(C)C)CC2)cc1C. The number of amides is 2. The first-order valence-electron chi connectivity index (χ1n) is 10.5. The summed E-state index contributed by atoms with van der Waals surface area (Å²) in [7, 11) is 0.418. The van der Waals surface area contributed by atoms with Gasteiger partial charge in [0, 0.05) is 32.7 Å². The molecule has 2 aromatic rings. The van der Waals surface area contributed by atoms with Gasteiger partial charge in [0.15, 0.2) is 0 Å². The van der Waals surface area contributed by atoms with Crippen LogP contribution >= 0.6 is 0 Å². The monoisotopic (exact) mass is 444 g/mol. The van der Waals surface area contributed by atoms with Crippen LogP contribution in [0.2, 0.25) is 0 Å². The summed E-state index contributed by atoms with van der Waals surface area (Å²) < 4.78 is 27.4. The minimum Gasteiger partial charge on any atom is -0.336 e. The molecule has 168 valence electrons. The maximum absolute atomic E-state index is 13.0. The van der Waals surface area contributed by atoms with Gasteiger partial charge < -0.3 is 15.1 Å². The lowest BCUT2D eigenvalue weighted by Crippen LogP contribution is -2.53. The molecule has 1 N–H and O–H groups in total. The molecule has 7 nitrogen and oxygen atoms in total. The van der Waals surface area contributed by atoms with Crippen molar-refractivity contribution in [2.45, 2.75) is 24.8 Å². The van der Waals surface area contributed by atoms with Gasteiger partial charge in [-0.3, -0.25) is 0 Å². The minimum absolute atomic E-state index is 0.0663. The van der Waals surface area contributed by atoms with Crippen molar-refractivity contribution in [1.82, 2.24) is 19.4 Å². The summed E-state index contributed by atoms with van der Waals surface area (Å²) in [6.45, 7) is 5.67. The third kappa shape index (κ3) is 5.44. The largest absolute Gasteiger partial charge is 0.336 e. The standard InChI is InChI=1S/C23H32N4O3S/c1-18-10-11-21(16-19(18)2)31(29,30)27-14-12-26(13-15-27)23(28)24-17-22(25(3)4)20-8-6-5-7-9-20/h5-11,16,22H,12-15,17H2,1-4H3,(H,24,28)/t22-/m0/s1. The molecule has 1 aliphatic heterocycles. The van der Waals surface area contributed by atoms with Crippen molar-refractivity contribution in [3.8, 4) is 0 Å². The molecule has 0 aromatic heterocycles. The van der Waals surface area contributed by atoms with Gasteiger partial charge in [-0.15, -0.1) is 0 Å². The van der Waals surface area contributed by atoms with E-state index in [9.17, 15) is 13.2 Å². The van der Waals surface area contributed by atoms with Crippen LogP contribution in [0.5, 0.6) is 0 Å². The molecule has 0 aliphatic carbocycles. The summed E-state index contributed by atoms with van der Waals surface area (Å²) >= 11 is 0. The molecule has 0 saturated carbocycles. The Morgan fingerprint density at radius 1 is 1.00 bits per heavy atom. The Bertz CT molecular complexity index is 1000. The van der Waals surface area contributed by atoms with Gasteiger partial charge in [0.05, 0.1) is 10.9 Å². The first-order chi connectivity index (χ1) is 14.7. The molecule has 0 spiro atoms. The number of piperazine rings is 1. The zero-order valence-corrected chi connectivity index (χ0v) is 19.5. The fourth-order valence-electron chi connectivity index (χ4n) is 3.72. The van der Waals surface area contributed by atoms with Crippen LogP contribution in [0, 0.1) is 13.8 Å². The highest BCUT2D eigenvalue weighted by molar-refractivity contribution is 7.89. The third-order valence-corrected chi connectivity index (χ3v) is 7.79. The van der Waals surface area contributed by atoms with E-state index >= 15 is 0 Å². The minimum atomic E-state index is -3.56. The lowest BCUT2D eigenvalue weighted by Gasteiger charge is -2.34. The molecular weight excluding hydrogens is 412 g/mol. The number of likely N-dealkylation sites (N-methyl/N-ethyl adjacent to an activating group) is 1. The van der Waals surface area contributed by atoms with Gasteiger partial charge in [-0.05, 0) is 56.8 Å². The van der Waals surface area contributed by atoms with Crippen molar-refractivity contribution in [1.29, 1.82) is 0 Å². The quantitative estimate of drug-likeness (QED) is 0.743. The molecule has 1 fully saturated rings. The van der Waals surface area contributed by atoms with E-state index in [1.54, 1.807) is 17.0 Å². The number of hydrogen-bond acceptors (Lipinski definition) is 4. The van der Waals surface area contributed by atoms with Crippen molar-refractivity contribution in [3.63, 3.8) is 0 Å². The summed E-state index contributed by atoms with van der Waals surface area (Å²) in [6.07, 6.45) is 0. The van der Waals surface area contributed by atoms with Crippen LogP contribution in [0.25, 0.3) is 0 Å². The Hall–Kier alpha value is -2.42. The Morgan fingerprint density at radius 2 is 1.65 bits per heavy atom. The second-order valence-corrected chi connectivity index (χ2v) is 10.2. The van der Waals surface area contributed by atoms with E-state index in [4.69, 9.17) is 0 Å². The summed E-state index contributed by atoms with van der Waals surface area (Å²) in [6, 6.07) is 15.2. The van der Waals surface area contributed by atoms with Crippen molar-refractivity contribution in [2.24, 2.45) is 0 Å². The maximum atomic E-state index is 13.0. The van der Waals surface area contributed by atoms with Crippen LogP contribution in [0.3, 0.4) is 0 Å². The van der Waals surface area contributed by atoms with E-state index in [2.05, 4.69) is 10.2 Å². The number of sulfonamides is 1. The number of urea groups is 1. The van der Waals surface area contributed by atoms with Crippen LogP contribution in [-0.4, -0.2) is 75.4 Å². The maximum Gasteiger partial charge on any atom is 0.317 e. The zero-order chi connectivity index (χ0) is 22.6. The van der Waals surface area contributed by atoms with E-state index in [1.165, 1.54) is 4.31 Å². The highest BCUT2D eigenvalue weighted by atomic mass is 32.2. The molecule has 2 aromatic carbocycles. The van der Waals surface area contributed by atoms with Crippen LogP contribution in [-0.2, 0) is 10.0 Å². The second-order valence-electron chi connectivity index (χ2n) is 8.21. The summed E-state index contributed by atoms with van der Waals surface area (Å²) in [5.74, 6) is 0. The predicted molar refractivity (Wildman–Crippen MR) is 123 cm³/mol. The number of carbonyl (C=O) groups is 1. The number of hydrogen-bond donors (Lipinski definition) is 1. The molecule has 8 heteroatoms. The van der Waals surface area contributed by atoms with Gasteiger partial charge in [0.25, 0.3) is 0 Å². The van der Waals surface area contributed by atoms with Crippen LogP contribution in [0.4, 0.5) is 4.79 Å². The first kappa shape index (κ1) is 23.2. The fourth-order valence-corrected chi connectivity index (χ4v) is 5.23. The normalized spacial score (nSPS) is 16.4. The number of rotatable bonds is 6. The van der Waals surface area contributed by atoms with Gasteiger partial charge in [-0.1, -0.05) is 36.4 Å². The van der Waals surface area contributed by atoms with Crippen molar-refractivity contribution in [3.05, 3.63) is 65.2 Å². The molecule has 2 amide bonds. The van der Waals surface area contributed by atoms with Gasteiger partial charge in [0.2, 0.25) is 10.0 Å². The number of nitrogens with one attached hydrogen (secondary N) is 1. The number of aryl methyl sites for hydroxylation is 2. The van der Waals surface area contributed by atoms with Crippen molar-refractivity contribution in [2.75, 3.05) is 46.8 Å². The Morgan fingerprint density at radius 3 is 2.23 bits per heavy atom. The molecule has 1 atom stereocenters. The number of carbonyl (C=O) groups excluding carboxylic acids is 1. The van der Waals surface area contributed by atoms with Gasteiger partial charge in [0.1, 0.15) is 0 Å². The van der Waals surface area contributed by atoms with Crippen LogP contribution < -0.4 is 5.32 Å². The van der Waals surface area contributed by atoms with Gasteiger partial charge in [-0.2, -0.15) is 4.31 Å². The fraction of sp³-hybridized carbons (Fsp3) is 0.435. The van der Waals surface area contributed by atoms with Crippen molar-refractivity contribution < 1.29 is 13.2 Å². The van der Waals surface area contributed by atoms with Gasteiger partial charge >= 0.3 is 6.03 Å². The Kier molecular flexibility index (Phi) is 7.35. The lowest BCUT2D eigenvalue weighted by molar-refractivity contribution is 0.168. The molecule has 0 unspecified atom stereocenters. The average molecular weight is 445 g/mol. The second kappa shape index (κ2) is 9.80. The lowest BCUT2D eigenvalue weighted by atomic mass is 10.1.